The first-order valence-corrected chi connectivity index (χ1v) is 18.0. The number of benzene rings is 5. The highest BCUT2D eigenvalue weighted by molar-refractivity contribution is 6.15. The van der Waals surface area contributed by atoms with Crippen LogP contribution in [0.2, 0.25) is 0 Å². The lowest BCUT2D eigenvalue weighted by atomic mass is 10.0. The van der Waals surface area contributed by atoms with E-state index in [1.54, 1.807) is 0 Å². The molecule has 0 radical (unpaired) electrons. The number of nitrogens with zero attached hydrogens (tertiary/aromatic N) is 5. The predicted molar refractivity (Wildman–Crippen MR) is 223 cm³/mol. The quantitative estimate of drug-likeness (QED) is 0.133. The summed E-state index contributed by atoms with van der Waals surface area (Å²) in [5.74, 6) is 0.676. The SMILES string of the molecule is C1=Cc2c(ccc3cccnc23)C=CC=1c1ccc(C2=NC(c3ccc(-c4ccc5ccc6cccnc6c5n4)cc3)=CCC(c3ccccc3)=N2)cc1. The maximum Gasteiger partial charge on any atom is 0.160 e. The van der Waals surface area contributed by atoms with Crippen LogP contribution < -0.4 is 0 Å². The first-order chi connectivity index (χ1) is 26.7. The average molecular weight is 690 g/mol. The Labute approximate surface area is 312 Å². The van der Waals surface area contributed by atoms with Crippen molar-refractivity contribution in [3.8, 4) is 11.3 Å². The van der Waals surface area contributed by atoms with Crippen molar-refractivity contribution in [2.75, 3.05) is 0 Å². The molecule has 0 amide bonds. The van der Waals surface area contributed by atoms with Crippen LogP contribution >= 0.6 is 0 Å². The average Bonchev–Trinajstić information content (AvgIpc) is 3.62. The smallest absolute Gasteiger partial charge is 0.160 e. The van der Waals surface area contributed by atoms with Crippen molar-refractivity contribution in [1.82, 2.24) is 15.0 Å². The number of rotatable bonds is 5. The number of hydrogen-bond acceptors (Lipinski definition) is 5. The maximum absolute atomic E-state index is 5.20. The summed E-state index contributed by atoms with van der Waals surface area (Å²) in [6, 6.07) is 48.1. The van der Waals surface area contributed by atoms with Gasteiger partial charge < -0.3 is 0 Å². The Hall–Kier alpha value is -7.33. The molecule has 0 unspecified atom stereocenters. The number of amidine groups is 1. The predicted octanol–water partition coefficient (Wildman–Crippen LogP) is 11.4. The van der Waals surface area contributed by atoms with E-state index in [0.29, 0.717) is 12.3 Å². The molecule has 5 heteroatoms. The third-order valence-corrected chi connectivity index (χ3v) is 10.1. The molecule has 252 valence electrons. The zero-order valence-electron chi connectivity index (χ0n) is 29.2. The first-order valence-electron chi connectivity index (χ1n) is 18.0. The Morgan fingerprint density at radius 1 is 0.481 bits per heavy atom. The minimum absolute atomic E-state index is 0.658. The molecule has 2 aliphatic rings. The molecule has 5 nitrogen and oxygen atoms in total. The molecular formula is C49H31N5. The lowest BCUT2D eigenvalue weighted by molar-refractivity contribution is 1.36. The lowest BCUT2D eigenvalue weighted by Gasteiger charge is -2.08. The molecule has 0 spiro atoms. The summed E-state index contributed by atoms with van der Waals surface area (Å²) in [6.45, 7) is 0. The molecule has 10 rings (SSSR count). The fraction of sp³-hybridized carbons (Fsp3) is 0.0204. The summed E-state index contributed by atoms with van der Waals surface area (Å²) in [7, 11) is 0. The van der Waals surface area contributed by atoms with Gasteiger partial charge in [-0.15, -0.1) is 5.73 Å². The van der Waals surface area contributed by atoms with Gasteiger partial charge in [-0.3, -0.25) is 9.97 Å². The van der Waals surface area contributed by atoms with Crippen LogP contribution in [-0.4, -0.2) is 26.5 Å². The lowest BCUT2D eigenvalue weighted by Crippen LogP contribution is -2.05. The van der Waals surface area contributed by atoms with E-state index in [0.717, 1.165) is 94.3 Å². The largest absolute Gasteiger partial charge is 0.256 e. The Kier molecular flexibility index (Phi) is 7.76. The van der Waals surface area contributed by atoms with Crippen LogP contribution in [0.15, 0.2) is 180 Å². The van der Waals surface area contributed by atoms with Crippen LogP contribution in [0, 0.1) is 0 Å². The van der Waals surface area contributed by atoms with E-state index in [4.69, 9.17) is 15.0 Å². The Morgan fingerprint density at radius 3 is 1.96 bits per heavy atom. The summed E-state index contributed by atoms with van der Waals surface area (Å²) >= 11 is 0. The van der Waals surface area contributed by atoms with Crippen molar-refractivity contribution >= 4 is 67.7 Å². The van der Waals surface area contributed by atoms with Gasteiger partial charge >= 0.3 is 0 Å². The number of allylic oxidation sites excluding steroid dienone is 3. The van der Waals surface area contributed by atoms with E-state index in [-0.39, 0.29) is 0 Å². The van der Waals surface area contributed by atoms with Gasteiger partial charge in [-0.1, -0.05) is 133 Å². The molecule has 3 aromatic heterocycles. The molecule has 1 aliphatic carbocycles. The standard InChI is InChI=1S/C49H31N5/c1-2-6-35(7-3-1)44-28-29-45(37-17-15-36(16-18-37)43-27-25-40-21-20-39-9-5-31-51-47(39)48(40)52-43)54-49(53-44)41-22-11-32(12-23-41)33-10-13-34-14-19-38-8-4-30-50-46(38)42(34)26-24-33/h1-23,25-27,29-31H,28H2. The van der Waals surface area contributed by atoms with E-state index in [1.165, 1.54) is 0 Å². The molecular weight excluding hydrogens is 659 g/mol. The zero-order valence-corrected chi connectivity index (χ0v) is 29.2. The second kappa shape index (κ2) is 13.3. The van der Waals surface area contributed by atoms with Gasteiger partial charge in [0.2, 0.25) is 0 Å². The minimum Gasteiger partial charge on any atom is -0.256 e. The van der Waals surface area contributed by atoms with Gasteiger partial charge in [-0.05, 0) is 52.6 Å². The number of aromatic nitrogens is 3. The van der Waals surface area contributed by atoms with Crippen molar-refractivity contribution in [1.29, 1.82) is 0 Å². The highest BCUT2D eigenvalue weighted by atomic mass is 14.9. The fourth-order valence-corrected chi connectivity index (χ4v) is 7.20. The Balaban J connectivity index is 0.986. The summed E-state index contributed by atoms with van der Waals surface area (Å²) in [5, 5.41) is 3.27. The van der Waals surface area contributed by atoms with Crippen LogP contribution in [0.25, 0.3) is 67.4 Å². The van der Waals surface area contributed by atoms with Gasteiger partial charge in [0.25, 0.3) is 0 Å². The van der Waals surface area contributed by atoms with Crippen molar-refractivity contribution in [3.05, 3.63) is 203 Å². The van der Waals surface area contributed by atoms with Crippen LogP contribution in [0.3, 0.4) is 0 Å². The highest BCUT2D eigenvalue weighted by Crippen LogP contribution is 2.31. The van der Waals surface area contributed by atoms with Crippen molar-refractivity contribution < 1.29 is 0 Å². The van der Waals surface area contributed by atoms with Crippen molar-refractivity contribution in [2.45, 2.75) is 6.42 Å². The van der Waals surface area contributed by atoms with Gasteiger partial charge in [-0.2, -0.15) is 0 Å². The molecule has 5 aromatic carbocycles. The van der Waals surface area contributed by atoms with Gasteiger partial charge in [0.1, 0.15) is 0 Å². The van der Waals surface area contributed by atoms with Crippen molar-refractivity contribution in [3.63, 3.8) is 0 Å². The van der Waals surface area contributed by atoms with Gasteiger partial charge in [0.05, 0.1) is 33.7 Å². The van der Waals surface area contributed by atoms with Crippen LogP contribution in [-0.2, 0) is 0 Å². The second-order valence-corrected chi connectivity index (χ2v) is 13.4. The summed E-state index contributed by atoms with van der Waals surface area (Å²) in [4.78, 5) is 24.7. The van der Waals surface area contributed by atoms with Crippen LogP contribution in [0.1, 0.15) is 39.8 Å². The molecule has 0 atom stereocenters. The number of aliphatic imine (C=N–C) groups is 2. The van der Waals surface area contributed by atoms with E-state index in [9.17, 15) is 0 Å². The normalized spacial score (nSPS) is 13.9. The highest BCUT2D eigenvalue weighted by Gasteiger charge is 2.15. The van der Waals surface area contributed by atoms with Gasteiger partial charge in [-0.25, -0.2) is 15.0 Å². The van der Waals surface area contributed by atoms with Crippen LogP contribution in [0.5, 0.6) is 0 Å². The molecule has 4 heterocycles. The molecule has 54 heavy (non-hydrogen) atoms. The minimum atomic E-state index is 0.658. The molecule has 0 saturated heterocycles. The van der Waals surface area contributed by atoms with E-state index >= 15 is 0 Å². The summed E-state index contributed by atoms with van der Waals surface area (Å²) < 4.78 is 0. The van der Waals surface area contributed by atoms with Gasteiger partial charge in [0.15, 0.2) is 5.84 Å². The van der Waals surface area contributed by atoms with Gasteiger partial charge in [0, 0.05) is 57.2 Å². The number of fused-ring (bicyclic) bond motifs is 6. The molecule has 8 aromatic rings. The number of pyridine rings is 3. The van der Waals surface area contributed by atoms with E-state index in [1.807, 2.05) is 30.6 Å². The van der Waals surface area contributed by atoms with E-state index < -0.39 is 0 Å². The van der Waals surface area contributed by atoms with Crippen molar-refractivity contribution in [2.24, 2.45) is 9.98 Å². The summed E-state index contributed by atoms with van der Waals surface area (Å²) in [5.41, 5.74) is 17.5. The van der Waals surface area contributed by atoms with E-state index in [2.05, 4.69) is 161 Å². The Morgan fingerprint density at radius 2 is 1.15 bits per heavy atom. The summed E-state index contributed by atoms with van der Waals surface area (Å²) in [6.07, 6.45) is 12.8. The molecule has 1 aliphatic heterocycles. The molecule has 0 fully saturated rings. The first kappa shape index (κ1) is 31.4. The zero-order chi connectivity index (χ0) is 35.8. The second-order valence-electron chi connectivity index (χ2n) is 13.4. The van der Waals surface area contributed by atoms with Crippen LogP contribution in [0.4, 0.5) is 0 Å². The third kappa shape index (κ3) is 5.85. The maximum atomic E-state index is 5.20. The molecule has 0 N–H and O–H groups in total. The molecule has 0 bridgehead atoms. The fourth-order valence-electron chi connectivity index (χ4n) is 7.20. The topological polar surface area (TPSA) is 63.4 Å². The molecule has 0 saturated carbocycles. The third-order valence-electron chi connectivity index (χ3n) is 10.1. The monoisotopic (exact) mass is 689 g/mol. The Bertz CT molecular complexity index is 2960. The number of hydrogen-bond donors (Lipinski definition) is 0.